The van der Waals surface area contributed by atoms with Gasteiger partial charge in [0.1, 0.15) is 0 Å². The average Bonchev–Trinajstić information content (AvgIpc) is 3.04. The van der Waals surface area contributed by atoms with Crippen LogP contribution in [0.1, 0.15) is 11.3 Å². The molecule has 0 radical (unpaired) electrons. The number of aryl methyl sites for hydroxylation is 3. The number of carbonyl (C=O) groups excluding carboxylic acids is 1. The number of para-hydroxylation sites is 1. The maximum atomic E-state index is 12.6. The van der Waals surface area contributed by atoms with Crippen LogP contribution >= 0.6 is 11.8 Å². The molecule has 2 heterocycles. The Morgan fingerprint density at radius 3 is 2.63 bits per heavy atom. The van der Waals surface area contributed by atoms with Crippen molar-refractivity contribution >= 4 is 34.4 Å². The van der Waals surface area contributed by atoms with E-state index in [0.717, 1.165) is 37.8 Å². The SMILES string of the molecule is Cc1cc(C)c2c(OCC(=O)Nc3ccccc3Sc3ccccc3)nn(C)c2n1. The highest BCUT2D eigenvalue weighted by molar-refractivity contribution is 7.99. The minimum atomic E-state index is -0.243. The summed E-state index contributed by atoms with van der Waals surface area (Å²) in [6, 6.07) is 19.7. The van der Waals surface area contributed by atoms with E-state index in [4.69, 9.17) is 4.74 Å². The molecule has 0 aliphatic carbocycles. The minimum absolute atomic E-state index is 0.135. The number of aromatic nitrogens is 3. The molecule has 6 nitrogen and oxygen atoms in total. The lowest BCUT2D eigenvalue weighted by atomic mass is 10.2. The Bertz CT molecular complexity index is 1200. The Labute approximate surface area is 179 Å². The number of fused-ring (bicyclic) bond motifs is 1. The first kappa shape index (κ1) is 20.0. The van der Waals surface area contributed by atoms with Crippen LogP contribution in [-0.2, 0) is 11.8 Å². The van der Waals surface area contributed by atoms with Crippen LogP contribution in [0, 0.1) is 13.8 Å². The Balaban J connectivity index is 1.47. The van der Waals surface area contributed by atoms with Gasteiger partial charge in [0.25, 0.3) is 5.91 Å². The van der Waals surface area contributed by atoms with Gasteiger partial charge in [-0.25, -0.2) is 9.67 Å². The topological polar surface area (TPSA) is 69.0 Å². The third-order valence-electron chi connectivity index (χ3n) is 4.56. The van der Waals surface area contributed by atoms with Crippen LogP contribution < -0.4 is 10.1 Å². The number of pyridine rings is 1. The van der Waals surface area contributed by atoms with Gasteiger partial charge in [-0.1, -0.05) is 42.1 Å². The number of nitrogens with zero attached hydrogens (tertiary/aromatic N) is 3. The minimum Gasteiger partial charge on any atom is -0.466 e. The molecule has 0 atom stereocenters. The van der Waals surface area contributed by atoms with Gasteiger partial charge in [0.05, 0.1) is 11.1 Å². The van der Waals surface area contributed by atoms with Gasteiger partial charge in [0, 0.05) is 22.5 Å². The van der Waals surface area contributed by atoms with Crippen LogP contribution in [0.2, 0.25) is 0 Å². The third-order valence-corrected chi connectivity index (χ3v) is 5.64. The monoisotopic (exact) mass is 418 g/mol. The highest BCUT2D eigenvalue weighted by atomic mass is 32.2. The largest absolute Gasteiger partial charge is 0.466 e. The van der Waals surface area contributed by atoms with Crippen LogP contribution in [0.15, 0.2) is 70.5 Å². The zero-order valence-corrected chi connectivity index (χ0v) is 17.9. The fourth-order valence-electron chi connectivity index (χ4n) is 3.24. The van der Waals surface area contributed by atoms with Gasteiger partial charge >= 0.3 is 0 Å². The van der Waals surface area contributed by atoms with Crippen LogP contribution in [-0.4, -0.2) is 27.3 Å². The highest BCUT2D eigenvalue weighted by Gasteiger charge is 2.16. The fraction of sp³-hybridized carbons (Fsp3) is 0.174. The lowest BCUT2D eigenvalue weighted by Crippen LogP contribution is -2.20. The standard InChI is InChI=1S/C23H22N4O2S/c1-15-13-16(2)24-22-21(15)23(26-27(22)3)29-14-20(28)25-18-11-7-8-12-19(18)30-17-9-5-4-6-10-17/h4-13H,14H2,1-3H3,(H,25,28). The predicted molar refractivity (Wildman–Crippen MR) is 119 cm³/mol. The van der Waals surface area contributed by atoms with Crippen LogP contribution in [0.25, 0.3) is 11.0 Å². The summed E-state index contributed by atoms with van der Waals surface area (Å²) >= 11 is 1.60. The molecule has 4 rings (SSSR count). The lowest BCUT2D eigenvalue weighted by molar-refractivity contribution is -0.118. The molecule has 0 bridgehead atoms. The van der Waals surface area contributed by atoms with Crippen LogP contribution in [0.4, 0.5) is 5.69 Å². The van der Waals surface area contributed by atoms with Crippen molar-refractivity contribution in [2.45, 2.75) is 23.6 Å². The number of carbonyl (C=O) groups is 1. The van der Waals surface area contributed by atoms with E-state index in [1.807, 2.05) is 81.6 Å². The van der Waals surface area contributed by atoms with Gasteiger partial charge in [-0.2, -0.15) is 0 Å². The third kappa shape index (κ3) is 4.31. The predicted octanol–water partition coefficient (Wildman–Crippen LogP) is 4.75. The summed E-state index contributed by atoms with van der Waals surface area (Å²) in [4.78, 5) is 19.2. The van der Waals surface area contributed by atoms with Crippen molar-refractivity contribution in [2.75, 3.05) is 11.9 Å². The number of ether oxygens (including phenoxy) is 1. The van der Waals surface area contributed by atoms with Crippen molar-refractivity contribution < 1.29 is 9.53 Å². The van der Waals surface area contributed by atoms with E-state index >= 15 is 0 Å². The Hall–Kier alpha value is -3.32. The van der Waals surface area contributed by atoms with Crippen molar-refractivity contribution in [3.8, 4) is 5.88 Å². The molecule has 2 aromatic carbocycles. The molecule has 0 saturated heterocycles. The van der Waals surface area contributed by atoms with Gasteiger partial charge in [-0.05, 0) is 49.7 Å². The molecule has 0 spiro atoms. The van der Waals surface area contributed by atoms with Gasteiger partial charge in [0.15, 0.2) is 12.3 Å². The summed E-state index contributed by atoms with van der Waals surface area (Å²) in [5.41, 5.74) is 3.43. The second-order valence-electron chi connectivity index (χ2n) is 6.96. The van der Waals surface area contributed by atoms with Gasteiger partial charge in [-0.3, -0.25) is 4.79 Å². The first-order chi connectivity index (χ1) is 14.5. The first-order valence-electron chi connectivity index (χ1n) is 9.57. The van der Waals surface area contributed by atoms with E-state index in [0.29, 0.717) is 5.88 Å². The van der Waals surface area contributed by atoms with Crippen molar-refractivity contribution in [3.05, 3.63) is 71.9 Å². The summed E-state index contributed by atoms with van der Waals surface area (Å²) < 4.78 is 7.44. The second-order valence-corrected chi connectivity index (χ2v) is 8.07. The van der Waals surface area contributed by atoms with Crippen molar-refractivity contribution in [2.24, 2.45) is 7.05 Å². The molecule has 30 heavy (non-hydrogen) atoms. The molecule has 0 aliphatic heterocycles. The number of anilines is 1. The zero-order chi connectivity index (χ0) is 21.1. The molecule has 1 amide bonds. The quantitative estimate of drug-likeness (QED) is 0.489. The summed E-state index contributed by atoms with van der Waals surface area (Å²) in [5, 5.41) is 8.17. The van der Waals surface area contributed by atoms with Gasteiger partial charge in [0.2, 0.25) is 5.88 Å². The molecule has 7 heteroatoms. The summed E-state index contributed by atoms with van der Waals surface area (Å²) in [7, 11) is 1.82. The average molecular weight is 419 g/mol. The van der Waals surface area contributed by atoms with E-state index in [-0.39, 0.29) is 12.5 Å². The first-order valence-corrected chi connectivity index (χ1v) is 10.4. The molecule has 2 aromatic heterocycles. The van der Waals surface area contributed by atoms with E-state index in [1.54, 1.807) is 16.4 Å². The molecule has 0 unspecified atom stereocenters. The van der Waals surface area contributed by atoms with Crippen LogP contribution in [0.5, 0.6) is 5.88 Å². The molecular formula is C23H22N4O2S. The number of hydrogen-bond donors (Lipinski definition) is 1. The number of hydrogen-bond acceptors (Lipinski definition) is 5. The van der Waals surface area contributed by atoms with E-state index in [9.17, 15) is 4.79 Å². The van der Waals surface area contributed by atoms with Crippen LogP contribution in [0.3, 0.4) is 0 Å². The fourth-order valence-corrected chi connectivity index (χ4v) is 4.17. The maximum Gasteiger partial charge on any atom is 0.262 e. The lowest BCUT2D eigenvalue weighted by Gasteiger charge is -2.11. The highest BCUT2D eigenvalue weighted by Crippen LogP contribution is 2.33. The Kier molecular flexibility index (Phi) is 5.72. The summed E-state index contributed by atoms with van der Waals surface area (Å²) in [6.07, 6.45) is 0. The normalized spacial score (nSPS) is 10.9. The second kappa shape index (κ2) is 8.59. The molecule has 0 aliphatic rings. The molecule has 0 fully saturated rings. The molecule has 152 valence electrons. The zero-order valence-electron chi connectivity index (χ0n) is 17.0. The van der Waals surface area contributed by atoms with Crippen molar-refractivity contribution in [3.63, 3.8) is 0 Å². The maximum absolute atomic E-state index is 12.6. The Morgan fingerprint density at radius 1 is 1.10 bits per heavy atom. The van der Waals surface area contributed by atoms with Gasteiger partial charge < -0.3 is 10.1 Å². The number of nitrogens with one attached hydrogen (secondary N) is 1. The smallest absolute Gasteiger partial charge is 0.262 e. The van der Waals surface area contributed by atoms with Crippen molar-refractivity contribution in [1.29, 1.82) is 0 Å². The van der Waals surface area contributed by atoms with Gasteiger partial charge in [-0.15, -0.1) is 5.10 Å². The molecule has 1 N–H and O–H groups in total. The van der Waals surface area contributed by atoms with E-state index in [1.165, 1.54) is 0 Å². The van der Waals surface area contributed by atoms with E-state index in [2.05, 4.69) is 15.4 Å². The van der Waals surface area contributed by atoms with E-state index < -0.39 is 0 Å². The number of rotatable bonds is 6. The van der Waals surface area contributed by atoms with Crippen molar-refractivity contribution in [1.82, 2.24) is 14.8 Å². The summed E-state index contributed by atoms with van der Waals surface area (Å²) in [5.74, 6) is 0.173. The Morgan fingerprint density at radius 2 is 1.83 bits per heavy atom. The molecule has 0 saturated carbocycles. The molecule has 4 aromatic rings. The number of amides is 1. The number of benzene rings is 2. The summed E-state index contributed by atoms with van der Waals surface area (Å²) in [6.45, 7) is 3.80. The molecular weight excluding hydrogens is 396 g/mol.